The lowest BCUT2D eigenvalue weighted by molar-refractivity contribution is 0.102. The number of aliphatic hydroxyl groups excluding tert-OH is 1. The van der Waals surface area contributed by atoms with Crippen molar-refractivity contribution in [2.75, 3.05) is 12.4 Å². The predicted octanol–water partition coefficient (Wildman–Crippen LogP) is 4.55. The molecule has 1 aromatic heterocycles. The highest BCUT2D eigenvalue weighted by Gasteiger charge is 2.14. The number of Topliss-reactive ketones (excluding diaryl/α,β-unsaturated/α-hetero) is 1. The quantitative estimate of drug-likeness (QED) is 0.231. The van der Waals surface area contributed by atoms with Crippen LogP contribution in [0.2, 0.25) is 0 Å². The number of ether oxygens (including phenoxy) is 1. The Balaban J connectivity index is 1.49. The Kier molecular flexibility index (Phi) is 6.99. The Morgan fingerprint density at radius 3 is 2.38 bits per heavy atom. The third-order valence-electron chi connectivity index (χ3n) is 4.85. The number of hydrogen-bond donors (Lipinski definition) is 1. The van der Waals surface area contributed by atoms with Gasteiger partial charge in [-0.15, -0.1) is 0 Å². The molecule has 1 N–H and O–H groups in total. The molecule has 0 atom stereocenters. The number of hydrogen-bond acceptors (Lipinski definition) is 6. The number of rotatable bonds is 9. The summed E-state index contributed by atoms with van der Waals surface area (Å²) in [6, 6.07) is 23.6. The molecule has 4 aromatic rings. The zero-order valence-electron chi connectivity index (χ0n) is 17.3. The van der Waals surface area contributed by atoms with E-state index in [1.807, 2.05) is 36.4 Å². The average Bonchev–Trinajstić information content (AvgIpc) is 2.83. The standard InChI is InChI=1S/C25H22N2O4S/c28-16-6-15-27-24(30)21-9-4-5-10-22(21)26-25(27)32-17-23(29)18-11-13-20(14-12-18)31-19-7-2-1-3-8-19/h1-5,7-14,28H,6,15-17H2. The van der Waals surface area contributed by atoms with Crippen molar-refractivity contribution in [2.45, 2.75) is 18.1 Å². The Bertz CT molecular complexity index is 1270. The van der Waals surface area contributed by atoms with E-state index in [9.17, 15) is 14.7 Å². The van der Waals surface area contributed by atoms with E-state index >= 15 is 0 Å². The molecule has 0 saturated carbocycles. The molecule has 0 bridgehead atoms. The first-order valence-corrected chi connectivity index (χ1v) is 11.2. The highest BCUT2D eigenvalue weighted by molar-refractivity contribution is 7.99. The fraction of sp³-hybridized carbons (Fsp3) is 0.160. The number of ketones is 1. The molecule has 0 aliphatic rings. The Labute approximate surface area is 189 Å². The minimum absolute atomic E-state index is 0.0281. The first kappa shape index (κ1) is 21.8. The molecule has 0 spiro atoms. The van der Waals surface area contributed by atoms with Gasteiger partial charge in [-0.25, -0.2) is 4.98 Å². The summed E-state index contributed by atoms with van der Waals surface area (Å²) in [5, 5.41) is 10.2. The predicted molar refractivity (Wildman–Crippen MR) is 126 cm³/mol. The van der Waals surface area contributed by atoms with Crippen LogP contribution in [0.5, 0.6) is 11.5 Å². The molecule has 32 heavy (non-hydrogen) atoms. The highest BCUT2D eigenvalue weighted by atomic mass is 32.2. The van der Waals surface area contributed by atoms with Crippen LogP contribution in [0, 0.1) is 0 Å². The summed E-state index contributed by atoms with van der Waals surface area (Å²) in [6.07, 6.45) is 0.435. The van der Waals surface area contributed by atoms with Crippen LogP contribution < -0.4 is 10.3 Å². The number of carbonyl (C=O) groups is 1. The van der Waals surface area contributed by atoms with E-state index in [1.54, 1.807) is 42.5 Å². The highest BCUT2D eigenvalue weighted by Crippen LogP contribution is 2.23. The second-order valence-corrected chi connectivity index (χ2v) is 8.04. The van der Waals surface area contributed by atoms with Crippen molar-refractivity contribution in [3.8, 4) is 11.5 Å². The van der Waals surface area contributed by atoms with Crippen LogP contribution in [0.25, 0.3) is 10.9 Å². The van der Waals surface area contributed by atoms with E-state index in [1.165, 1.54) is 16.3 Å². The van der Waals surface area contributed by atoms with Gasteiger partial charge in [0.05, 0.1) is 16.7 Å². The minimum atomic E-state index is -0.165. The molecule has 4 rings (SSSR count). The van der Waals surface area contributed by atoms with E-state index in [-0.39, 0.29) is 23.7 Å². The molecule has 0 amide bonds. The summed E-state index contributed by atoms with van der Waals surface area (Å²) in [6.45, 7) is 0.314. The van der Waals surface area contributed by atoms with Crippen LogP contribution in [0.4, 0.5) is 0 Å². The lowest BCUT2D eigenvalue weighted by Crippen LogP contribution is -2.24. The van der Waals surface area contributed by atoms with Crippen molar-refractivity contribution in [1.82, 2.24) is 9.55 Å². The van der Waals surface area contributed by atoms with Crippen LogP contribution in [0.3, 0.4) is 0 Å². The summed E-state index contributed by atoms with van der Waals surface area (Å²) in [5.74, 6) is 1.44. The minimum Gasteiger partial charge on any atom is -0.457 e. The van der Waals surface area contributed by atoms with Gasteiger partial charge in [0.1, 0.15) is 11.5 Å². The fourth-order valence-corrected chi connectivity index (χ4v) is 4.15. The Hall–Kier alpha value is -3.42. The van der Waals surface area contributed by atoms with Crippen molar-refractivity contribution in [1.29, 1.82) is 0 Å². The summed E-state index contributed by atoms with van der Waals surface area (Å²) < 4.78 is 7.30. The van der Waals surface area contributed by atoms with Crippen molar-refractivity contribution >= 4 is 28.4 Å². The maximum atomic E-state index is 12.9. The van der Waals surface area contributed by atoms with Gasteiger partial charge in [-0.3, -0.25) is 14.2 Å². The smallest absolute Gasteiger partial charge is 0.262 e. The van der Waals surface area contributed by atoms with Gasteiger partial charge >= 0.3 is 0 Å². The van der Waals surface area contributed by atoms with Crippen molar-refractivity contribution in [3.63, 3.8) is 0 Å². The molecule has 0 unspecified atom stereocenters. The zero-order valence-corrected chi connectivity index (χ0v) is 18.1. The van der Waals surface area contributed by atoms with Crippen molar-refractivity contribution < 1.29 is 14.6 Å². The lowest BCUT2D eigenvalue weighted by atomic mass is 10.1. The SMILES string of the molecule is O=C(CSc1nc2ccccc2c(=O)n1CCCO)c1ccc(Oc2ccccc2)cc1. The molecule has 0 aliphatic carbocycles. The zero-order chi connectivity index (χ0) is 22.3. The third-order valence-corrected chi connectivity index (χ3v) is 5.83. The van der Waals surface area contributed by atoms with E-state index in [0.29, 0.717) is 40.3 Å². The molecular weight excluding hydrogens is 424 g/mol. The molecule has 0 aliphatic heterocycles. The molecule has 6 nitrogen and oxygen atoms in total. The number of nitrogens with zero attached hydrogens (tertiary/aromatic N) is 2. The molecule has 162 valence electrons. The number of para-hydroxylation sites is 2. The number of benzene rings is 3. The van der Waals surface area contributed by atoms with Crippen LogP contribution in [0.15, 0.2) is 88.8 Å². The maximum absolute atomic E-state index is 12.9. The van der Waals surface area contributed by atoms with Crippen LogP contribution in [-0.2, 0) is 6.54 Å². The largest absolute Gasteiger partial charge is 0.457 e. The molecule has 0 saturated heterocycles. The van der Waals surface area contributed by atoms with Crippen molar-refractivity contribution in [3.05, 3.63) is 94.8 Å². The molecule has 0 fully saturated rings. The molecule has 1 heterocycles. The summed E-state index contributed by atoms with van der Waals surface area (Å²) in [5.41, 5.74) is 0.986. The third kappa shape index (κ3) is 5.07. The summed E-state index contributed by atoms with van der Waals surface area (Å²) >= 11 is 1.23. The van der Waals surface area contributed by atoms with Gasteiger partial charge in [0.25, 0.3) is 5.56 Å². The fourth-order valence-electron chi connectivity index (χ4n) is 3.23. The van der Waals surface area contributed by atoms with Crippen LogP contribution in [0.1, 0.15) is 16.8 Å². The lowest BCUT2D eigenvalue weighted by Gasteiger charge is -2.12. The first-order valence-electron chi connectivity index (χ1n) is 10.2. The molecule has 0 radical (unpaired) electrons. The Morgan fingerprint density at radius 1 is 0.938 bits per heavy atom. The number of fused-ring (bicyclic) bond motifs is 1. The number of carbonyl (C=O) groups excluding carboxylic acids is 1. The van der Waals surface area contributed by atoms with Gasteiger partial charge in [-0.2, -0.15) is 0 Å². The van der Waals surface area contributed by atoms with E-state index in [2.05, 4.69) is 4.98 Å². The van der Waals surface area contributed by atoms with Crippen LogP contribution >= 0.6 is 11.8 Å². The second-order valence-electron chi connectivity index (χ2n) is 7.10. The number of thioether (sulfide) groups is 1. The molecular formula is C25H22N2O4S. The normalized spacial score (nSPS) is 10.9. The molecule has 7 heteroatoms. The van der Waals surface area contributed by atoms with Gasteiger partial charge in [0.15, 0.2) is 10.9 Å². The summed E-state index contributed by atoms with van der Waals surface area (Å²) in [4.78, 5) is 30.2. The van der Waals surface area contributed by atoms with Gasteiger partial charge in [-0.1, -0.05) is 42.1 Å². The monoisotopic (exact) mass is 446 g/mol. The van der Waals surface area contributed by atoms with E-state index in [0.717, 1.165) is 5.75 Å². The maximum Gasteiger partial charge on any atom is 0.262 e. The van der Waals surface area contributed by atoms with E-state index in [4.69, 9.17) is 4.74 Å². The van der Waals surface area contributed by atoms with E-state index < -0.39 is 0 Å². The number of aromatic nitrogens is 2. The molecule has 3 aromatic carbocycles. The van der Waals surface area contributed by atoms with Gasteiger partial charge < -0.3 is 9.84 Å². The Morgan fingerprint density at radius 2 is 1.62 bits per heavy atom. The second kappa shape index (κ2) is 10.3. The number of aliphatic hydroxyl groups is 1. The van der Waals surface area contributed by atoms with Gasteiger partial charge in [0.2, 0.25) is 0 Å². The first-order chi connectivity index (χ1) is 15.7. The average molecular weight is 447 g/mol. The summed E-state index contributed by atoms with van der Waals surface area (Å²) in [7, 11) is 0. The van der Waals surface area contributed by atoms with Crippen LogP contribution in [-0.4, -0.2) is 32.8 Å². The topological polar surface area (TPSA) is 81.4 Å². The van der Waals surface area contributed by atoms with Crippen molar-refractivity contribution in [2.24, 2.45) is 0 Å². The van der Waals surface area contributed by atoms with Gasteiger partial charge in [0, 0.05) is 18.7 Å². The van der Waals surface area contributed by atoms with Gasteiger partial charge in [-0.05, 0) is 55.0 Å².